The van der Waals surface area contributed by atoms with Gasteiger partial charge in [-0.2, -0.15) is 5.10 Å². The molecular formula is C17H15ClN2O. The van der Waals surface area contributed by atoms with Crippen LogP contribution in [0.25, 0.3) is 0 Å². The Kier molecular flexibility index (Phi) is 4.02. The lowest BCUT2D eigenvalue weighted by atomic mass is 10.1. The van der Waals surface area contributed by atoms with E-state index < -0.39 is 0 Å². The summed E-state index contributed by atoms with van der Waals surface area (Å²) in [6, 6.07) is 17.4. The number of hydrogen-bond acceptors (Lipinski definition) is 2. The Hall–Kier alpha value is -2.13. The molecule has 1 fully saturated rings. The molecule has 2 aromatic carbocycles. The molecule has 0 aliphatic heterocycles. The van der Waals surface area contributed by atoms with Crippen molar-refractivity contribution in [3.05, 3.63) is 70.7 Å². The highest BCUT2D eigenvalue weighted by Crippen LogP contribution is 2.47. The summed E-state index contributed by atoms with van der Waals surface area (Å²) < 4.78 is 0. The Morgan fingerprint density at radius 2 is 2.00 bits per heavy atom. The normalized spacial score (nSPS) is 20.4. The minimum Gasteiger partial charge on any atom is -0.273 e. The van der Waals surface area contributed by atoms with Gasteiger partial charge in [0.2, 0.25) is 5.91 Å². The highest BCUT2D eigenvalue weighted by molar-refractivity contribution is 6.30. The van der Waals surface area contributed by atoms with Crippen LogP contribution in [0.2, 0.25) is 5.02 Å². The summed E-state index contributed by atoms with van der Waals surface area (Å²) in [6.45, 7) is 0. The number of hydrazone groups is 1. The molecule has 0 unspecified atom stereocenters. The predicted octanol–water partition coefficient (Wildman–Crippen LogP) is 3.59. The molecule has 21 heavy (non-hydrogen) atoms. The van der Waals surface area contributed by atoms with E-state index in [4.69, 9.17) is 11.6 Å². The maximum atomic E-state index is 12.0. The summed E-state index contributed by atoms with van der Waals surface area (Å²) in [6.07, 6.45) is 2.49. The first-order valence-electron chi connectivity index (χ1n) is 6.87. The second-order valence-electron chi connectivity index (χ2n) is 5.15. The molecule has 3 rings (SSSR count). The van der Waals surface area contributed by atoms with Crippen molar-refractivity contribution >= 4 is 23.7 Å². The largest absolute Gasteiger partial charge is 0.273 e. The molecular weight excluding hydrogens is 284 g/mol. The molecule has 106 valence electrons. The van der Waals surface area contributed by atoms with E-state index in [2.05, 4.69) is 22.7 Å². The number of rotatable bonds is 4. The van der Waals surface area contributed by atoms with Crippen LogP contribution in [0.1, 0.15) is 23.5 Å². The van der Waals surface area contributed by atoms with Crippen LogP contribution < -0.4 is 5.43 Å². The van der Waals surface area contributed by atoms with Gasteiger partial charge in [0.1, 0.15) is 0 Å². The van der Waals surface area contributed by atoms with Crippen molar-refractivity contribution < 1.29 is 4.79 Å². The minimum atomic E-state index is -0.0258. The van der Waals surface area contributed by atoms with Crippen LogP contribution in [0, 0.1) is 5.92 Å². The molecule has 1 N–H and O–H groups in total. The quantitative estimate of drug-likeness (QED) is 0.680. The lowest BCUT2D eigenvalue weighted by Gasteiger charge is -2.00. The number of carbonyl (C=O) groups excluding carboxylic acids is 1. The lowest BCUT2D eigenvalue weighted by molar-refractivity contribution is -0.122. The third-order valence-corrected chi connectivity index (χ3v) is 3.83. The Labute approximate surface area is 128 Å². The van der Waals surface area contributed by atoms with Gasteiger partial charge in [-0.1, -0.05) is 54.1 Å². The van der Waals surface area contributed by atoms with E-state index in [-0.39, 0.29) is 11.8 Å². The summed E-state index contributed by atoms with van der Waals surface area (Å²) in [4.78, 5) is 12.0. The van der Waals surface area contributed by atoms with E-state index in [9.17, 15) is 4.79 Å². The average molecular weight is 299 g/mol. The molecule has 0 spiro atoms. The van der Waals surface area contributed by atoms with Gasteiger partial charge in [-0.25, -0.2) is 5.43 Å². The topological polar surface area (TPSA) is 41.5 Å². The van der Waals surface area contributed by atoms with E-state index in [0.717, 1.165) is 12.0 Å². The molecule has 0 radical (unpaired) electrons. The van der Waals surface area contributed by atoms with Crippen molar-refractivity contribution in [2.24, 2.45) is 11.0 Å². The Bertz CT molecular complexity index is 670. The third kappa shape index (κ3) is 3.50. The van der Waals surface area contributed by atoms with E-state index in [1.54, 1.807) is 18.3 Å². The smallest absolute Gasteiger partial charge is 0.243 e. The van der Waals surface area contributed by atoms with Crippen LogP contribution in [0.4, 0.5) is 0 Å². The molecule has 0 saturated heterocycles. The number of nitrogens with zero attached hydrogens (tertiary/aromatic N) is 1. The van der Waals surface area contributed by atoms with Crippen molar-refractivity contribution in [2.75, 3.05) is 0 Å². The Morgan fingerprint density at radius 1 is 1.19 bits per heavy atom. The second kappa shape index (κ2) is 6.10. The Morgan fingerprint density at radius 3 is 2.76 bits per heavy atom. The monoisotopic (exact) mass is 298 g/mol. The van der Waals surface area contributed by atoms with Crippen molar-refractivity contribution in [3.63, 3.8) is 0 Å². The van der Waals surface area contributed by atoms with E-state index in [0.29, 0.717) is 10.9 Å². The van der Waals surface area contributed by atoms with Crippen molar-refractivity contribution in [1.82, 2.24) is 5.43 Å². The zero-order valence-corrected chi connectivity index (χ0v) is 12.1. The second-order valence-corrected chi connectivity index (χ2v) is 5.59. The van der Waals surface area contributed by atoms with Crippen molar-refractivity contribution in [1.29, 1.82) is 0 Å². The molecule has 0 aromatic heterocycles. The zero-order valence-electron chi connectivity index (χ0n) is 11.4. The fourth-order valence-corrected chi connectivity index (χ4v) is 2.59. The van der Waals surface area contributed by atoms with Gasteiger partial charge in [0.05, 0.1) is 6.21 Å². The molecule has 0 heterocycles. The first-order chi connectivity index (χ1) is 10.2. The first-order valence-corrected chi connectivity index (χ1v) is 7.25. The van der Waals surface area contributed by atoms with Crippen LogP contribution in [0.15, 0.2) is 59.7 Å². The van der Waals surface area contributed by atoms with Crippen LogP contribution >= 0.6 is 11.6 Å². The zero-order chi connectivity index (χ0) is 14.7. The maximum absolute atomic E-state index is 12.0. The minimum absolute atomic E-state index is 0.0258. The Balaban J connectivity index is 1.54. The summed E-state index contributed by atoms with van der Waals surface area (Å²) in [5, 5.41) is 4.64. The fraction of sp³-hybridized carbons (Fsp3) is 0.176. The van der Waals surface area contributed by atoms with Gasteiger partial charge in [-0.05, 0) is 35.6 Å². The molecule has 1 aliphatic carbocycles. The third-order valence-electron chi connectivity index (χ3n) is 3.59. The number of nitrogens with one attached hydrogen (secondary N) is 1. The van der Waals surface area contributed by atoms with Crippen LogP contribution in [0.3, 0.4) is 0 Å². The van der Waals surface area contributed by atoms with E-state index in [1.807, 2.05) is 30.3 Å². The van der Waals surface area contributed by atoms with Gasteiger partial charge in [-0.3, -0.25) is 4.79 Å². The standard InChI is InChI=1S/C17H15ClN2O/c18-14-8-4-5-12(9-14)11-19-20-17(21)16-10-15(16)13-6-2-1-3-7-13/h1-9,11,15-16H,10H2,(H,20,21)/b19-11+/t15-,16-/m0/s1. The number of benzene rings is 2. The van der Waals surface area contributed by atoms with Crippen LogP contribution in [0.5, 0.6) is 0 Å². The number of halogens is 1. The molecule has 1 aliphatic rings. The summed E-state index contributed by atoms with van der Waals surface area (Å²) in [7, 11) is 0. The molecule has 1 saturated carbocycles. The van der Waals surface area contributed by atoms with Gasteiger partial charge in [-0.15, -0.1) is 0 Å². The van der Waals surface area contributed by atoms with Crippen LogP contribution in [-0.2, 0) is 4.79 Å². The predicted molar refractivity (Wildman–Crippen MR) is 84.5 cm³/mol. The first kappa shape index (κ1) is 13.8. The van der Waals surface area contributed by atoms with Crippen LogP contribution in [-0.4, -0.2) is 12.1 Å². The number of carbonyl (C=O) groups is 1. The van der Waals surface area contributed by atoms with Gasteiger partial charge >= 0.3 is 0 Å². The average Bonchev–Trinajstić information content (AvgIpc) is 3.29. The van der Waals surface area contributed by atoms with Gasteiger partial charge in [0.15, 0.2) is 0 Å². The van der Waals surface area contributed by atoms with Gasteiger partial charge < -0.3 is 0 Å². The maximum Gasteiger partial charge on any atom is 0.243 e. The number of amides is 1. The molecule has 2 aromatic rings. The van der Waals surface area contributed by atoms with E-state index >= 15 is 0 Å². The highest BCUT2D eigenvalue weighted by Gasteiger charge is 2.43. The highest BCUT2D eigenvalue weighted by atomic mass is 35.5. The SMILES string of the molecule is O=C(N/N=C/c1cccc(Cl)c1)[C@H]1C[C@H]1c1ccccc1. The molecule has 4 heteroatoms. The lowest BCUT2D eigenvalue weighted by Crippen LogP contribution is -2.20. The van der Waals surface area contributed by atoms with Gasteiger partial charge in [0.25, 0.3) is 0 Å². The summed E-state index contributed by atoms with van der Waals surface area (Å²) in [5.74, 6) is 0.332. The molecule has 0 bridgehead atoms. The van der Waals surface area contributed by atoms with Crippen molar-refractivity contribution in [2.45, 2.75) is 12.3 Å². The van der Waals surface area contributed by atoms with Gasteiger partial charge in [0, 0.05) is 10.9 Å². The molecule has 1 amide bonds. The molecule has 3 nitrogen and oxygen atoms in total. The fourth-order valence-electron chi connectivity index (χ4n) is 2.39. The molecule has 2 atom stereocenters. The summed E-state index contributed by atoms with van der Waals surface area (Å²) >= 11 is 5.88. The summed E-state index contributed by atoms with van der Waals surface area (Å²) in [5.41, 5.74) is 4.68. The van der Waals surface area contributed by atoms with Crippen molar-refractivity contribution in [3.8, 4) is 0 Å². The number of hydrogen-bond donors (Lipinski definition) is 1. The van der Waals surface area contributed by atoms with E-state index in [1.165, 1.54) is 5.56 Å².